The second kappa shape index (κ2) is 5.65. The van der Waals surface area contributed by atoms with Gasteiger partial charge in [-0.1, -0.05) is 0 Å². The third-order valence-electron chi connectivity index (χ3n) is 3.38. The molecule has 1 aromatic carbocycles. The fourth-order valence-corrected chi connectivity index (χ4v) is 2.22. The molecule has 1 saturated carbocycles. The Balaban J connectivity index is 2.24. The Bertz CT molecular complexity index is 393. The van der Waals surface area contributed by atoms with Gasteiger partial charge in [-0.3, -0.25) is 0 Å². The van der Waals surface area contributed by atoms with E-state index >= 15 is 0 Å². The van der Waals surface area contributed by atoms with Gasteiger partial charge < -0.3 is 10.6 Å². The third kappa shape index (κ3) is 2.99. The van der Waals surface area contributed by atoms with Crippen LogP contribution in [0.15, 0.2) is 12.1 Å². The van der Waals surface area contributed by atoms with Crippen molar-refractivity contribution in [2.75, 3.05) is 24.5 Å². The van der Waals surface area contributed by atoms with Gasteiger partial charge in [0.2, 0.25) is 0 Å². The molecule has 0 atom stereocenters. The van der Waals surface area contributed by atoms with Gasteiger partial charge >= 0.3 is 0 Å². The first-order valence-corrected chi connectivity index (χ1v) is 6.58. The molecule has 0 unspecified atom stereocenters. The lowest BCUT2D eigenvalue weighted by atomic mass is 10.1. The molecule has 1 aliphatic rings. The molecule has 1 aliphatic carbocycles. The lowest BCUT2D eigenvalue weighted by Gasteiger charge is -2.24. The highest BCUT2D eigenvalue weighted by molar-refractivity contribution is 5.51. The van der Waals surface area contributed by atoms with E-state index < -0.39 is 11.6 Å². The molecular weight excluding hydrogens is 234 g/mol. The van der Waals surface area contributed by atoms with Crippen LogP contribution in [0.1, 0.15) is 25.3 Å². The van der Waals surface area contributed by atoms with Crippen molar-refractivity contribution in [3.63, 3.8) is 0 Å². The van der Waals surface area contributed by atoms with Crippen LogP contribution >= 0.6 is 0 Å². The average Bonchev–Trinajstić information content (AvgIpc) is 3.11. The van der Waals surface area contributed by atoms with Crippen molar-refractivity contribution in [2.24, 2.45) is 11.7 Å². The van der Waals surface area contributed by atoms with Gasteiger partial charge in [0.25, 0.3) is 0 Å². The van der Waals surface area contributed by atoms with Crippen molar-refractivity contribution in [3.05, 3.63) is 29.3 Å². The van der Waals surface area contributed by atoms with Gasteiger partial charge in [0.1, 0.15) is 17.3 Å². The first-order valence-electron chi connectivity index (χ1n) is 6.58. The molecule has 2 nitrogen and oxygen atoms in total. The molecule has 0 bridgehead atoms. The van der Waals surface area contributed by atoms with Crippen LogP contribution in [0.3, 0.4) is 0 Å². The fraction of sp³-hybridized carbons (Fsp3) is 0.571. The SMILES string of the molecule is CCN(CC1CC1)c1c(F)cc(CCN)cc1F. The smallest absolute Gasteiger partial charge is 0.149 e. The molecule has 0 aromatic heterocycles. The quantitative estimate of drug-likeness (QED) is 0.845. The van der Waals surface area contributed by atoms with Crippen LogP contribution in [0.25, 0.3) is 0 Å². The highest BCUT2D eigenvalue weighted by atomic mass is 19.1. The van der Waals surface area contributed by atoms with Crippen molar-refractivity contribution >= 4 is 5.69 Å². The summed E-state index contributed by atoms with van der Waals surface area (Å²) >= 11 is 0. The molecule has 0 heterocycles. The lowest BCUT2D eigenvalue weighted by molar-refractivity contribution is 0.564. The van der Waals surface area contributed by atoms with Crippen molar-refractivity contribution < 1.29 is 8.78 Å². The summed E-state index contributed by atoms with van der Waals surface area (Å²) in [4.78, 5) is 1.80. The summed E-state index contributed by atoms with van der Waals surface area (Å²) < 4.78 is 28.0. The van der Waals surface area contributed by atoms with E-state index in [0.717, 1.165) is 6.54 Å². The number of nitrogens with zero attached hydrogens (tertiary/aromatic N) is 1. The summed E-state index contributed by atoms with van der Waals surface area (Å²) in [5.74, 6) is -0.339. The zero-order valence-electron chi connectivity index (χ0n) is 10.8. The van der Waals surface area contributed by atoms with Gasteiger partial charge in [0.15, 0.2) is 0 Å². The minimum absolute atomic E-state index is 0.116. The molecule has 4 heteroatoms. The van der Waals surface area contributed by atoms with Crippen LogP contribution in [0, 0.1) is 17.6 Å². The molecule has 2 rings (SSSR count). The van der Waals surface area contributed by atoms with Crippen LogP contribution in [0.4, 0.5) is 14.5 Å². The largest absolute Gasteiger partial charge is 0.367 e. The highest BCUT2D eigenvalue weighted by Gasteiger charge is 2.26. The Morgan fingerprint density at radius 3 is 2.33 bits per heavy atom. The van der Waals surface area contributed by atoms with Crippen molar-refractivity contribution in [2.45, 2.75) is 26.2 Å². The molecule has 100 valence electrons. The number of rotatable bonds is 6. The number of hydrogen-bond donors (Lipinski definition) is 1. The Morgan fingerprint density at radius 2 is 1.89 bits per heavy atom. The Morgan fingerprint density at radius 1 is 1.28 bits per heavy atom. The van der Waals surface area contributed by atoms with Crippen molar-refractivity contribution in [3.8, 4) is 0 Å². The summed E-state index contributed by atoms with van der Waals surface area (Å²) in [6, 6.07) is 2.81. The first kappa shape index (κ1) is 13.3. The van der Waals surface area contributed by atoms with Gasteiger partial charge in [-0.05, 0) is 56.3 Å². The predicted octanol–water partition coefficient (Wildman–Crippen LogP) is 2.70. The third-order valence-corrected chi connectivity index (χ3v) is 3.38. The van der Waals surface area contributed by atoms with Crippen LogP contribution in [0.5, 0.6) is 0 Å². The van der Waals surface area contributed by atoms with Gasteiger partial charge in [0.05, 0.1) is 0 Å². The number of anilines is 1. The summed E-state index contributed by atoms with van der Waals surface area (Å²) in [5, 5.41) is 0. The van der Waals surface area contributed by atoms with E-state index in [1.807, 2.05) is 6.92 Å². The normalized spacial score (nSPS) is 14.9. The average molecular weight is 254 g/mol. The van der Waals surface area contributed by atoms with Gasteiger partial charge in [0, 0.05) is 13.1 Å². The predicted molar refractivity (Wildman–Crippen MR) is 69.7 cm³/mol. The van der Waals surface area contributed by atoms with Gasteiger partial charge in [-0.2, -0.15) is 0 Å². The molecule has 2 N–H and O–H groups in total. The zero-order chi connectivity index (χ0) is 13.1. The van der Waals surface area contributed by atoms with Crippen LogP contribution < -0.4 is 10.6 Å². The minimum atomic E-state index is -0.471. The molecule has 1 aromatic rings. The van der Waals surface area contributed by atoms with Gasteiger partial charge in [-0.15, -0.1) is 0 Å². The molecule has 0 saturated heterocycles. The van der Waals surface area contributed by atoms with Crippen LogP contribution in [-0.2, 0) is 6.42 Å². The maximum Gasteiger partial charge on any atom is 0.149 e. The lowest BCUT2D eigenvalue weighted by Crippen LogP contribution is -2.27. The van der Waals surface area contributed by atoms with Crippen LogP contribution in [-0.4, -0.2) is 19.6 Å². The molecule has 1 fully saturated rings. The van der Waals surface area contributed by atoms with E-state index in [0.29, 0.717) is 31.0 Å². The minimum Gasteiger partial charge on any atom is -0.367 e. The van der Waals surface area contributed by atoms with E-state index in [1.165, 1.54) is 25.0 Å². The highest BCUT2D eigenvalue weighted by Crippen LogP contribution is 2.33. The zero-order valence-corrected chi connectivity index (χ0v) is 10.8. The van der Waals surface area contributed by atoms with Crippen LogP contribution in [0.2, 0.25) is 0 Å². The van der Waals surface area contributed by atoms with Crippen molar-refractivity contribution in [1.82, 2.24) is 0 Å². The van der Waals surface area contributed by atoms with Gasteiger partial charge in [-0.25, -0.2) is 8.78 Å². The number of nitrogens with two attached hydrogens (primary N) is 1. The standard InChI is InChI=1S/C14H20F2N2/c1-2-18(9-10-3-4-10)14-12(15)7-11(5-6-17)8-13(14)16/h7-8,10H,2-6,9,17H2,1H3. The number of benzene rings is 1. The Kier molecular flexibility index (Phi) is 4.17. The van der Waals surface area contributed by atoms with E-state index in [-0.39, 0.29) is 5.69 Å². The van der Waals surface area contributed by atoms with E-state index in [4.69, 9.17) is 5.73 Å². The number of halogens is 2. The Labute approximate surface area is 107 Å². The number of hydrogen-bond acceptors (Lipinski definition) is 2. The second-order valence-electron chi connectivity index (χ2n) is 4.93. The molecule has 0 radical (unpaired) electrons. The summed E-state index contributed by atoms with van der Waals surface area (Å²) in [7, 11) is 0. The van der Waals surface area contributed by atoms with E-state index in [1.54, 1.807) is 4.90 Å². The summed E-state index contributed by atoms with van der Waals surface area (Å²) in [6.45, 7) is 3.70. The second-order valence-corrected chi connectivity index (χ2v) is 4.93. The van der Waals surface area contributed by atoms with Crippen molar-refractivity contribution in [1.29, 1.82) is 0 Å². The summed E-state index contributed by atoms with van der Waals surface area (Å²) in [5.41, 5.74) is 6.14. The molecule has 18 heavy (non-hydrogen) atoms. The summed E-state index contributed by atoms with van der Waals surface area (Å²) in [6.07, 6.45) is 2.85. The molecular formula is C14H20F2N2. The maximum absolute atomic E-state index is 14.0. The molecule has 0 spiro atoms. The van der Waals surface area contributed by atoms with E-state index in [2.05, 4.69) is 0 Å². The monoisotopic (exact) mass is 254 g/mol. The fourth-order valence-electron chi connectivity index (χ4n) is 2.22. The molecule has 0 aliphatic heterocycles. The molecule has 0 amide bonds. The van der Waals surface area contributed by atoms with E-state index in [9.17, 15) is 8.78 Å². The Hall–Kier alpha value is -1.16. The maximum atomic E-state index is 14.0. The first-order chi connectivity index (χ1) is 8.65. The topological polar surface area (TPSA) is 29.3 Å².